The Morgan fingerprint density at radius 3 is 2.67 bits per heavy atom. The van der Waals surface area contributed by atoms with Crippen LogP contribution in [0.15, 0.2) is 21.9 Å². The molecule has 0 spiro atoms. The van der Waals surface area contributed by atoms with Gasteiger partial charge in [0.25, 0.3) is 5.56 Å². The molecule has 0 bridgehead atoms. The quantitative estimate of drug-likeness (QED) is 0.492. The fourth-order valence-electron chi connectivity index (χ4n) is 2.22. The van der Waals surface area contributed by atoms with Gasteiger partial charge in [-0.3, -0.25) is 14.3 Å². The van der Waals surface area contributed by atoms with Crippen LogP contribution < -0.4 is 11.2 Å². The molecule has 1 aromatic heterocycles. The minimum Gasteiger partial charge on any atom is -0.393 e. The molecule has 1 aliphatic carbocycles. The second-order valence-corrected chi connectivity index (χ2v) is 4.45. The highest BCUT2D eigenvalue weighted by molar-refractivity contribution is 5.06. The number of H-pyrrole nitrogens is 1. The van der Waals surface area contributed by atoms with Crippen LogP contribution >= 0.6 is 0 Å². The number of halogens is 1. The molecule has 1 saturated carbocycles. The third-order valence-electron chi connectivity index (χ3n) is 3.34. The maximum atomic E-state index is 14.0. The van der Waals surface area contributed by atoms with Crippen molar-refractivity contribution in [3.8, 4) is 0 Å². The van der Waals surface area contributed by atoms with Crippen LogP contribution in [0.4, 0.5) is 4.39 Å². The summed E-state index contributed by atoms with van der Waals surface area (Å²) < 4.78 is 14.6. The summed E-state index contributed by atoms with van der Waals surface area (Å²) in [6, 6.07) is 0.975. The minimum absolute atomic E-state index is 0.253. The molecule has 1 heterocycles. The molecule has 4 N–H and O–H groups in total. The zero-order valence-corrected chi connectivity index (χ0v) is 9.34. The number of aliphatic hydroxyl groups excluding tert-OH is 2. The number of rotatable bonds is 2. The van der Waals surface area contributed by atoms with Crippen LogP contribution in [0.3, 0.4) is 0 Å². The van der Waals surface area contributed by atoms with E-state index in [1.807, 2.05) is 4.98 Å². The minimum atomic E-state index is -2.37. The lowest BCUT2D eigenvalue weighted by atomic mass is 10.0. The first-order valence-electron chi connectivity index (χ1n) is 5.36. The van der Waals surface area contributed by atoms with Gasteiger partial charge in [0, 0.05) is 18.7 Å². The van der Waals surface area contributed by atoms with Gasteiger partial charge in [0.1, 0.15) is 6.10 Å². The predicted octanol–water partition coefficient (Wildman–Crippen LogP) is -1.96. The molecular weight excluding hydrogens is 247 g/mol. The van der Waals surface area contributed by atoms with E-state index in [0.717, 1.165) is 12.3 Å². The van der Waals surface area contributed by atoms with E-state index in [1.165, 1.54) is 0 Å². The number of nitrogens with one attached hydrogen (secondary N) is 1. The first-order valence-corrected chi connectivity index (χ1v) is 5.36. The van der Waals surface area contributed by atoms with E-state index in [9.17, 15) is 24.2 Å². The van der Waals surface area contributed by atoms with Crippen molar-refractivity contribution in [1.29, 1.82) is 0 Å². The smallest absolute Gasteiger partial charge is 0.330 e. The SMILES string of the molecule is O=c1ccn([C@]2(O)CC[C@](F)(CO)[C@H]2O)c(=O)[nH]1. The molecule has 7 nitrogen and oxygen atoms in total. The highest BCUT2D eigenvalue weighted by Crippen LogP contribution is 2.42. The number of nitrogens with zero attached hydrogens (tertiary/aromatic N) is 1. The molecule has 1 fully saturated rings. The van der Waals surface area contributed by atoms with E-state index in [1.54, 1.807) is 0 Å². The summed E-state index contributed by atoms with van der Waals surface area (Å²) in [5.74, 6) is 0. The molecule has 8 heteroatoms. The molecule has 100 valence electrons. The monoisotopic (exact) mass is 260 g/mol. The second kappa shape index (κ2) is 4.01. The Balaban J connectivity index is 2.51. The van der Waals surface area contributed by atoms with Gasteiger partial charge < -0.3 is 15.3 Å². The van der Waals surface area contributed by atoms with Crippen LogP contribution in [-0.2, 0) is 5.72 Å². The Morgan fingerprint density at radius 2 is 2.17 bits per heavy atom. The van der Waals surface area contributed by atoms with Crippen LogP contribution in [-0.4, -0.2) is 43.3 Å². The van der Waals surface area contributed by atoms with E-state index in [2.05, 4.69) is 0 Å². The topological polar surface area (TPSA) is 116 Å². The Kier molecular flexibility index (Phi) is 2.88. The van der Waals surface area contributed by atoms with Gasteiger partial charge in [-0.1, -0.05) is 0 Å². The fourth-order valence-corrected chi connectivity index (χ4v) is 2.22. The van der Waals surface area contributed by atoms with E-state index < -0.39 is 35.4 Å². The summed E-state index contributed by atoms with van der Waals surface area (Å²) in [6.45, 7) is -0.964. The molecule has 0 aromatic carbocycles. The van der Waals surface area contributed by atoms with Crippen molar-refractivity contribution in [3.05, 3.63) is 33.1 Å². The lowest BCUT2D eigenvalue weighted by molar-refractivity contribution is -0.158. The molecule has 18 heavy (non-hydrogen) atoms. The first kappa shape index (κ1) is 12.9. The molecule has 3 atom stereocenters. The summed E-state index contributed by atoms with van der Waals surface area (Å²) >= 11 is 0. The Labute approximate surface area is 100 Å². The van der Waals surface area contributed by atoms with Crippen LogP contribution in [0.2, 0.25) is 0 Å². The van der Waals surface area contributed by atoms with Gasteiger partial charge in [-0.05, 0) is 6.42 Å². The van der Waals surface area contributed by atoms with Gasteiger partial charge >= 0.3 is 5.69 Å². The molecule has 0 unspecified atom stereocenters. The Hall–Kier alpha value is -1.51. The Bertz CT molecular complexity index is 570. The van der Waals surface area contributed by atoms with Crippen LogP contribution in [0.5, 0.6) is 0 Å². The maximum Gasteiger partial charge on any atom is 0.330 e. The van der Waals surface area contributed by atoms with Crippen molar-refractivity contribution in [2.75, 3.05) is 6.61 Å². The highest BCUT2D eigenvalue weighted by atomic mass is 19.1. The lowest BCUT2D eigenvalue weighted by Gasteiger charge is -2.31. The maximum absolute atomic E-state index is 14.0. The highest BCUT2D eigenvalue weighted by Gasteiger charge is 2.58. The average molecular weight is 260 g/mol. The lowest BCUT2D eigenvalue weighted by Crippen LogP contribution is -2.54. The summed E-state index contributed by atoms with van der Waals surface area (Å²) in [7, 11) is 0. The van der Waals surface area contributed by atoms with Crippen molar-refractivity contribution in [2.24, 2.45) is 0 Å². The summed E-state index contributed by atoms with van der Waals surface area (Å²) in [5, 5.41) is 28.9. The molecule has 1 aromatic rings. The van der Waals surface area contributed by atoms with E-state index >= 15 is 0 Å². The van der Waals surface area contributed by atoms with Gasteiger partial charge in [0.2, 0.25) is 0 Å². The van der Waals surface area contributed by atoms with Crippen molar-refractivity contribution in [1.82, 2.24) is 9.55 Å². The van der Waals surface area contributed by atoms with Crippen molar-refractivity contribution in [3.63, 3.8) is 0 Å². The number of aromatic nitrogens is 2. The van der Waals surface area contributed by atoms with Crippen molar-refractivity contribution >= 4 is 0 Å². The van der Waals surface area contributed by atoms with Gasteiger partial charge in [0.05, 0.1) is 6.61 Å². The summed E-state index contributed by atoms with van der Waals surface area (Å²) in [5.41, 5.74) is -6.17. The number of hydrogen-bond donors (Lipinski definition) is 4. The Morgan fingerprint density at radius 1 is 1.50 bits per heavy atom. The first-order chi connectivity index (χ1) is 8.33. The van der Waals surface area contributed by atoms with Crippen LogP contribution in [0.25, 0.3) is 0 Å². The fraction of sp³-hybridized carbons (Fsp3) is 0.600. The van der Waals surface area contributed by atoms with E-state index in [4.69, 9.17) is 5.11 Å². The molecule has 1 aliphatic rings. The molecular formula is C10H13FN2O5. The molecule has 0 aliphatic heterocycles. The van der Waals surface area contributed by atoms with E-state index in [0.29, 0.717) is 4.57 Å². The molecule has 2 rings (SSSR count). The third-order valence-corrected chi connectivity index (χ3v) is 3.34. The zero-order chi connectivity index (χ0) is 13.6. The van der Waals surface area contributed by atoms with E-state index in [-0.39, 0.29) is 12.8 Å². The molecule has 0 radical (unpaired) electrons. The normalized spacial score (nSPS) is 35.9. The third kappa shape index (κ3) is 1.69. The molecule has 0 saturated heterocycles. The summed E-state index contributed by atoms with van der Waals surface area (Å²) in [4.78, 5) is 24.3. The second-order valence-electron chi connectivity index (χ2n) is 4.45. The van der Waals surface area contributed by atoms with Crippen molar-refractivity contribution in [2.45, 2.75) is 30.3 Å². The predicted molar refractivity (Wildman–Crippen MR) is 57.7 cm³/mol. The number of hydrogen-bond acceptors (Lipinski definition) is 5. The standard InChI is InChI=1S/C10H13FN2O5/c11-9(5-14)2-3-10(18,7(9)16)13-4-1-6(15)12-8(13)17/h1,4,7,14,16,18H,2-3,5H2,(H,12,15,17)/t7-,9+,10+/m1/s1. The van der Waals surface area contributed by atoms with Gasteiger partial charge in [-0.2, -0.15) is 0 Å². The number of aromatic amines is 1. The average Bonchev–Trinajstić information content (AvgIpc) is 2.56. The van der Waals surface area contributed by atoms with Gasteiger partial charge in [0.15, 0.2) is 11.4 Å². The number of alkyl halides is 1. The van der Waals surface area contributed by atoms with Crippen LogP contribution in [0.1, 0.15) is 12.8 Å². The summed E-state index contributed by atoms with van der Waals surface area (Å²) in [6.07, 6.45) is -1.53. The zero-order valence-electron chi connectivity index (χ0n) is 9.34. The van der Waals surface area contributed by atoms with Gasteiger partial charge in [-0.25, -0.2) is 9.18 Å². The molecule has 0 amide bonds. The number of aliphatic hydroxyl groups is 3. The van der Waals surface area contributed by atoms with Crippen LogP contribution in [0, 0.1) is 0 Å². The van der Waals surface area contributed by atoms with Gasteiger partial charge in [-0.15, -0.1) is 0 Å². The van der Waals surface area contributed by atoms with Crippen molar-refractivity contribution < 1.29 is 19.7 Å². The largest absolute Gasteiger partial charge is 0.393 e.